The van der Waals surface area contributed by atoms with E-state index in [9.17, 15) is 10.0 Å². The van der Waals surface area contributed by atoms with Crippen molar-refractivity contribution in [1.29, 1.82) is 0 Å². The predicted octanol–water partition coefficient (Wildman–Crippen LogP) is 0.139. The molecule has 1 aliphatic heterocycles. The van der Waals surface area contributed by atoms with Crippen LogP contribution in [0.3, 0.4) is 0 Å². The minimum Gasteiger partial charge on any atom is -0.423 e. The standard InChI is InChI=1S/C11H16BNO2/c1-2-13-8-4-6-9-5-3-7-10(11(9)13)12(14)15/h3,5,7,14-15H,2,4,6,8H2,1H3. The Bertz CT molecular complexity index is 354. The zero-order valence-electron chi connectivity index (χ0n) is 8.98. The second-order valence-electron chi connectivity index (χ2n) is 3.91. The molecule has 4 heteroatoms. The highest BCUT2D eigenvalue weighted by atomic mass is 16.4. The van der Waals surface area contributed by atoms with Crippen LogP contribution < -0.4 is 10.4 Å². The summed E-state index contributed by atoms with van der Waals surface area (Å²) in [5, 5.41) is 18.6. The molecule has 0 bridgehead atoms. The Morgan fingerprint density at radius 3 is 2.87 bits per heavy atom. The topological polar surface area (TPSA) is 43.7 Å². The molecule has 0 aromatic heterocycles. The number of benzene rings is 1. The van der Waals surface area contributed by atoms with Gasteiger partial charge < -0.3 is 14.9 Å². The molecule has 15 heavy (non-hydrogen) atoms. The largest absolute Gasteiger partial charge is 0.490 e. The summed E-state index contributed by atoms with van der Waals surface area (Å²) in [6.45, 7) is 4.01. The molecule has 1 aromatic carbocycles. The van der Waals surface area contributed by atoms with E-state index in [1.54, 1.807) is 6.07 Å². The van der Waals surface area contributed by atoms with E-state index in [1.165, 1.54) is 5.56 Å². The van der Waals surface area contributed by atoms with Crippen LogP contribution in [0.5, 0.6) is 0 Å². The molecule has 0 amide bonds. The average Bonchev–Trinajstić information content (AvgIpc) is 2.27. The van der Waals surface area contributed by atoms with Gasteiger partial charge in [-0.15, -0.1) is 0 Å². The number of nitrogens with zero attached hydrogens (tertiary/aromatic N) is 1. The lowest BCUT2D eigenvalue weighted by Gasteiger charge is -2.32. The summed E-state index contributed by atoms with van der Waals surface area (Å²) in [6.07, 6.45) is 2.18. The van der Waals surface area contributed by atoms with Crippen LogP contribution >= 0.6 is 0 Å². The quantitative estimate of drug-likeness (QED) is 0.675. The Labute approximate surface area is 90.5 Å². The van der Waals surface area contributed by atoms with Crippen molar-refractivity contribution >= 4 is 18.3 Å². The second kappa shape index (κ2) is 4.25. The number of hydrogen-bond donors (Lipinski definition) is 2. The third-order valence-corrected chi connectivity index (χ3v) is 3.00. The summed E-state index contributed by atoms with van der Waals surface area (Å²) in [7, 11) is -1.37. The number of fused-ring (bicyclic) bond motifs is 1. The number of aryl methyl sites for hydroxylation is 1. The molecular formula is C11H16BNO2. The van der Waals surface area contributed by atoms with Crippen molar-refractivity contribution in [2.24, 2.45) is 0 Å². The summed E-state index contributed by atoms with van der Waals surface area (Å²) < 4.78 is 0. The molecule has 2 rings (SSSR count). The molecule has 0 spiro atoms. The lowest BCUT2D eigenvalue weighted by molar-refractivity contribution is 0.425. The molecule has 0 fully saturated rings. The summed E-state index contributed by atoms with van der Waals surface area (Å²) in [4.78, 5) is 2.22. The third-order valence-electron chi connectivity index (χ3n) is 3.00. The van der Waals surface area contributed by atoms with Crippen LogP contribution in [0.2, 0.25) is 0 Å². The number of anilines is 1. The first-order valence-corrected chi connectivity index (χ1v) is 5.47. The highest BCUT2D eigenvalue weighted by Crippen LogP contribution is 2.24. The van der Waals surface area contributed by atoms with Gasteiger partial charge in [0.15, 0.2) is 0 Å². The molecule has 0 saturated heterocycles. The minimum atomic E-state index is -1.37. The Kier molecular flexibility index (Phi) is 2.98. The van der Waals surface area contributed by atoms with Gasteiger partial charge in [0, 0.05) is 24.2 Å². The highest BCUT2D eigenvalue weighted by molar-refractivity contribution is 6.60. The average molecular weight is 205 g/mol. The molecule has 0 atom stereocenters. The van der Waals surface area contributed by atoms with Gasteiger partial charge in [0.2, 0.25) is 0 Å². The highest BCUT2D eigenvalue weighted by Gasteiger charge is 2.24. The maximum absolute atomic E-state index is 9.32. The molecule has 80 valence electrons. The summed E-state index contributed by atoms with van der Waals surface area (Å²) in [6, 6.07) is 5.76. The fourth-order valence-electron chi connectivity index (χ4n) is 2.30. The Balaban J connectivity index is 2.49. The zero-order chi connectivity index (χ0) is 10.8. The summed E-state index contributed by atoms with van der Waals surface area (Å²) >= 11 is 0. The van der Waals surface area contributed by atoms with Gasteiger partial charge in [0.05, 0.1) is 0 Å². The van der Waals surface area contributed by atoms with Crippen LogP contribution in [0.4, 0.5) is 5.69 Å². The normalized spacial score (nSPS) is 15.0. The summed E-state index contributed by atoms with van der Waals surface area (Å²) in [5.74, 6) is 0. The van der Waals surface area contributed by atoms with E-state index in [-0.39, 0.29) is 0 Å². The van der Waals surface area contributed by atoms with Crippen molar-refractivity contribution in [1.82, 2.24) is 0 Å². The van der Waals surface area contributed by atoms with E-state index >= 15 is 0 Å². The van der Waals surface area contributed by atoms with Gasteiger partial charge in [-0.25, -0.2) is 0 Å². The SMILES string of the molecule is CCN1CCCc2cccc(B(O)O)c21. The number of hydrogen-bond acceptors (Lipinski definition) is 3. The van der Waals surface area contributed by atoms with Crippen LogP contribution in [0, 0.1) is 0 Å². The van der Waals surface area contributed by atoms with Crippen LogP contribution in [-0.2, 0) is 6.42 Å². The molecule has 0 radical (unpaired) electrons. The van der Waals surface area contributed by atoms with Crippen molar-refractivity contribution in [3.8, 4) is 0 Å². The van der Waals surface area contributed by atoms with E-state index in [0.717, 1.165) is 31.6 Å². The molecule has 0 saturated carbocycles. The van der Waals surface area contributed by atoms with Crippen LogP contribution in [-0.4, -0.2) is 30.3 Å². The minimum absolute atomic E-state index is 0.633. The molecule has 2 N–H and O–H groups in total. The first-order chi connectivity index (χ1) is 7.24. The van der Waals surface area contributed by atoms with Gasteiger partial charge in [0.25, 0.3) is 0 Å². The smallest absolute Gasteiger partial charge is 0.423 e. The monoisotopic (exact) mass is 205 g/mol. The maximum Gasteiger partial charge on any atom is 0.490 e. The van der Waals surface area contributed by atoms with Gasteiger partial charge in [0.1, 0.15) is 0 Å². The number of rotatable bonds is 2. The van der Waals surface area contributed by atoms with Gasteiger partial charge in [-0.05, 0) is 25.3 Å². The van der Waals surface area contributed by atoms with E-state index in [0.29, 0.717) is 5.46 Å². The molecule has 1 heterocycles. The maximum atomic E-state index is 9.32. The van der Waals surface area contributed by atoms with E-state index < -0.39 is 7.12 Å². The van der Waals surface area contributed by atoms with Crippen molar-refractivity contribution < 1.29 is 10.0 Å². The van der Waals surface area contributed by atoms with Gasteiger partial charge >= 0.3 is 7.12 Å². The lowest BCUT2D eigenvalue weighted by atomic mass is 9.76. The summed E-state index contributed by atoms with van der Waals surface area (Å²) in [5.41, 5.74) is 2.89. The van der Waals surface area contributed by atoms with Crippen molar-refractivity contribution in [2.45, 2.75) is 19.8 Å². The molecular weight excluding hydrogens is 189 g/mol. The predicted molar refractivity (Wildman–Crippen MR) is 62.5 cm³/mol. The van der Waals surface area contributed by atoms with Gasteiger partial charge in [-0.1, -0.05) is 18.2 Å². The Morgan fingerprint density at radius 2 is 2.20 bits per heavy atom. The fraction of sp³-hybridized carbons (Fsp3) is 0.455. The van der Waals surface area contributed by atoms with E-state index in [2.05, 4.69) is 17.9 Å². The fourth-order valence-corrected chi connectivity index (χ4v) is 2.30. The lowest BCUT2D eigenvalue weighted by Crippen LogP contribution is -2.40. The van der Waals surface area contributed by atoms with Crippen LogP contribution in [0.1, 0.15) is 18.9 Å². The number of para-hydroxylation sites is 1. The van der Waals surface area contributed by atoms with Crippen molar-refractivity contribution in [2.75, 3.05) is 18.0 Å². The van der Waals surface area contributed by atoms with Gasteiger partial charge in [-0.3, -0.25) is 0 Å². The zero-order valence-corrected chi connectivity index (χ0v) is 8.98. The molecule has 0 unspecified atom stereocenters. The first kappa shape index (κ1) is 10.5. The van der Waals surface area contributed by atoms with Crippen molar-refractivity contribution in [3.05, 3.63) is 23.8 Å². The third kappa shape index (κ3) is 1.87. The second-order valence-corrected chi connectivity index (χ2v) is 3.91. The van der Waals surface area contributed by atoms with E-state index in [4.69, 9.17) is 0 Å². The molecule has 0 aliphatic carbocycles. The Hall–Kier alpha value is -0.995. The first-order valence-electron chi connectivity index (χ1n) is 5.47. The molecule has 1 aromatic rings. The van der Waals surface area contributed by atoms with E-state index in [1.807, 2.05) is 6.07 Å². The van der Waals surface area contributed by atoms with Gasteiger partial charge in [-0.2, -0.15) is 0 Å². The Morgan fingerprint density at radius 1 is 1.40 bits per heavy atom. The molecule has 3 nitrogen and oxygen atoms in total. The van der Waals surface area contributed by atoms with Crippen LogP contribution in [0.25, 0.3) is 0 Å². The molecule has 1 aliphatic rings. The van der Waals surface area contributed by atoms with Crippen molar-refractivity contribution in [3.63, 3.8) is 0 Å². The van der Waals surface area contributed by atoms with Crippen LogP contribution in [0.15, 0.2) is 18.2 Å².